The van der Waals surface area contributed by atoms with Crippen LogP contribution in [0, 0.1) is 29.9 Å². The Hall–Kier alpha value is -2.48. The zero-order valence-electron chi connectivity index (χ0n) is 9.54. The Morgan fingerprint density at radius 2 is 2.00 bits per heavy atom. The Balaban J connectivity index is 2.34. The number of aromatic nitrogens is 1. The van der Waals surface area contributed by atoms with E-state index in [9.17, 15) is 8.78 Å². The standard InChI is InChI=1S/C13H9F2N3/c1-8-5-11(15)12(6-10(8)14)18-13-4-2-3-9(7-16)17-13/h2-6H,1H3,(H,17,18). The zero-order valence-corrected chi connectivity index (χ0v) is 9.54. The number of aryl methyl sites for hydroxylation is 1. The van der Waals surface area contributed by atoms with Crippen LogP contribution < -0.4 is 5.32 Å². The van der Waals surface area contributed by atoms with Gasteiger partial charge in [-0.05, 0) is 30.7 Å². The van der Waals surface area contributed by atoms with Crippen molar-refractivity contribution in [2.24, 2.45) is 0 Å². The largest absolute Gasteiger partial charge is 0.338 e. The van der Waals surface area contributed by atoms with Crippen molar-refractivity contribution in [3.8, 4) is 6.07 Å². The minimum Gasteiger partial charge on any atom is -0.338 e. The number of pyridine rings is 1. The molecule has 0 aliphatic carbocycles. The van der Waals surface area contributed by atoms with Crippen molar-refractivity contribution >= 4 is 11.5 Å². The van der Waals surface area contributed by atoms with E-state index in [0.717, 1.165) is 12.1 Å². The van der Waals surface area contributed by atoms with E-state index in [1.165, 1.54) is 13.0 Å². The molecule has 3 nitrogen and oxygen atoms in total. The van der Waals surface area contributed by atoms with Crippen molar-refractivity contribution < 1.29 is 8.78 Å². The number of rotatable bonds is 2. The molecule has 0 amide bonds. The van der Waals surface area contributed by atoms with Crippen molar-refractivity contribution in [3.05, 3.63) is 53.2 Å². The highest BCUT2D eigenvalue weighted by molar-refractivity contribution is 5.58. The monoisotopic (exact) mass is 245 g/mol. The van der Waals surface area contributed by atoms with Gasteiger partial charge in [-0.3, -0.25) is 0 Å². The maximum atomic E-state index is 13.6. The molecule has 0 unspecified atom stereocenters. The molecule has 90 valence electrons. The third-order valence-corrected chi connectivity index (χ3v) is 2.37. The van der Waals surface area contributed by atoms with Gasteiger partial charge in [-0.1, -0.05) is 6.07 Å². The molecule has 1 aromatic carbocycles. The molecule has 0 bridgehead atoms. The summed E-state index contributed by atoms with van der Waals surface area (Å²) in [6.07, 6.45) is 0. The maximum Gasteiger partial charge on any atom is 0.147 e. The quantitative estimate of drug-likeness (QED) is 0.883. The summed E-state index contributed by atoms with van der Waals surface area (Å²) in [5, 5.41) is 11.3. The van der Waals surface area contributed by atoms with Crippen LogP contribution in [0.25, 0.3) is 0 Å². The van der Waals surface area contributed by atoms with E-state index >= 15 is 0 Å². The maximum absolute atomic E-state index is 13.6. The summed E-state index contributed by atoms with van der Waals surface area (Å²) >= 11 is 0. The van der Waals surface area contributed by atoms with Gasteiger partial charge in [-0.25, -0.2) is 13.8 Å². The number of nitrogens with one attached hydrogen (secondary N) is 1. The van der Waals surface area contributed by atoms with Crippen LogP contribution >= 0.6 is 0 Å². The van der Waals surface area contributed by atoms with Crippen LogP contribution in [-0.4, -0.2) is 4.98 Å². The SMILES string of the molecule is Cc1cc(F)c(Nc2cccc(C#N)n2)cc1F. The molecule has 0 aliphatic rings. The first-order valence-corrected chi connectivity index (χ1v) is 5.20. The van der Waals surface area contributed by atoms with E-state index in [0.29, 0.717) is 0 Å². The highest BCUT2D eigenvalue weighted by Crippen LogP contribution is 2.22. The van der Waals surface area contributed by atoms with Crippen LogP contribution in [0.1, 0.15) is 11.3 Å². The minimum absolute atomic E-state index is 0.0133. The molecular formula is C13H9F2N3. The molecule has 1 aromatic heterocycles. The predicted molar refractivity (Wildman–Crippen MR) is 63.3 cm³/mol. The lowest BCUT2D eigenvalue weighted by Crippen LogP contribution is -1.99. The Labute approximate surface area is 103 Å². The lowest BCUT2D eigenvalue weighted by molar-refractivity contribution is 0.595. The van der Waals surface area contributed by atoms with Crippen LogP contribution in [0.3, 0.4) is 0 Å². The van der Waals surface area contributed by atoms with Gasteiger partial charge in [-0.15, -0.1) is 0 Å². The molecular weight excluding hydrogens is 236 g/mol. The summed E-state index contributed by atoms with van der Waals surface area (Å²) in [7, 11) is 0. The van der Waals surface area contributed by atoms with Gasteiger partial charge in [0.2, 0.25) is 0 Å². The van der Waals surface area contributed by atoms with E-state index in [1.807, 2.05) is 6.07 Å². The van der Waals surface area contributed by atoms with E-state index in [1.54, 1.807) is 12.1 Å². The molecule has 2 aromatic rings. The molecule has 18 heavy (non-hydrogen) atoms. The van der Waals surface area contributed by atoms with Crippen LogP contribution in [-0.2, 0) is 0 Å². The van der Waals surface area contributed by atoms with E-state index in [2.05, 4.69) is 10.3 Å². The van der Waals surface area contributed by atoms with Crippen molar-refractivity contribution in [3.63, 3.8) is 0 Å². The fraction of sp³-hybridized carbons (Fsp3) is 0.0769. The highest BCUT2D eigenvalue weighted by atomic mass is 19.1. The number of halogens is 2. The summed E-state index contributed by atoms with van der Waals surface area (Å²) in [4.78, 5) is 3.92. The molecule has 1 N–H and O–H groups in total. The van der Waals surface area contributed by atoms with Gasteiger partial charge in [0.1, 0.15) is 29.2 Å². The van der Waals surface area contributed by atoms with Crippen molar-refractivity contribution in [2.45, 2.75) is 6.92 Å². The molecule has 5 heteroatoms. The molecule has 1 heterocycles. The van der Waals surface area contributed by atoms with E-state index in [-0.39, 0.29) is 22.8 Å². The van der Waals surface area contributed by atoms with E-state index in [4.69, 9.17) is 5.26 Å². The topological polar surface area (TPSA) is 48.7 Å². The van der Waals surface area contributed by atoms with Gasteiger partial charge in [0.05, 0.1) is 5.69 Å². The first-order chi connectivity index (χ1) is 8.60. The lowest BCUT2D eigenvalue weighted by atomic mass is 10.2. The minimum atomic E-state index is -0.571. The molecule has 2 rings (SSSR count). The number of hydrogen-bond acceptors (Lipinski definition) is 3. The Morgan fingerprint density at radius 3 is 2.72 bits per heavy atom. The Kier molecular flexibility index (Phi) is 3.20. The smallest absolute Gasteiger partial charge is 0.147 e. The van der Waals surface area contributed by atoms with Crippen LogP contribution in [0.2, 0.25) is 0 Å². The first-order valence-electron chi connectivity index (χ1n) is 5.20. The zero-order chi connectivity index (χ0) is 13.1. The number of benzene rings is 1. The normalized spacial score (nSPS) is 9.89. The summed E-state index contributed by atoms with van der Waals surface area (Å²) in [5.74, 6) is -0.787. The second kappa shape index (κ2) is 4.80. The Bertz CT molecular complexity index is 633. The van der Waals surface area contributed by atoms with Crippen LogP contribution in [0.4, 0.5) is 20.3 Å². The average molecular weight is 245 g/mol. The fourth-order valence-corrected chi connectivity index (χ4v) is 1.45. The molecule has 0 atom stereocenters. The first kappa shape index (κ1) is 12.0. The number of anilines is 2. The summed E-state index contributed by atoms with van der Waals surface area (Å²) < 4.78 is 26.9. The van der Waals surface area contributed by atoms with Gasteiger partial charge in [0, 0.05) is 6.07 Å². The summed E-state index contributed by atoms with van der Waals surface area (Å²) in [5.41, 5.74) is 0.422. The van der Waals surface area contributed by atoms with Gasteiger partial charge in [0.15, 0.2) is 0 Å². The lowest BCUT2D eigenvalue weighted by Gasteiger charge is -2.08. The third-order valence-electron chi connectivity index (χ3n) is 2.37. The average Bonchev–Trinajstić information content (AvgIpc) is 2.36. The number of nitriles is 1. The fourth-order valence-electron chi connectivity index (χ4n) is 1.45. The summed E-state index contributed by atoms with van der Waals surface area (Å²) in [6, 6.07) is 8.73. The second-order valence-corrected chi connectivity index (χ2v) is 3.73. The van der Waals surface area contributed by atoms with E-state index < -0.39 is 11.6 Å². The molecule has 0 fully saturated rings. The summed E-state index contributed by atoms with van der Waals surface area (Å²) in [6.45, 7) is 1.48. The molecule has 0 aliphatic heterocycles. The van der Waals surface area contributed by atoms with Crippen LogP contribution in [0.5, 0.6) is 0 Å². The van der Waals surface area contributed by atoms with Crippen molar-refractivity contribution in [1.29, 1.82) is 5.26 Å². The van der Waals surface area contributed by atoms with Gasteiger partial charge in [0.25, 0.3) is 0 Å². The third kappa shape index (κ3) is 2.43. The number of nitrogens with zero attached hydrogens (tertiary/aromatic N) is 2. The molecule has 0 saturated carbocycles. The second-order valence-electron chi connectivity index (χ2n) is 3.73. The molecule has 0 radical (unpaired) electrons. The van der Waals surface area contributed by atoms with Crippen molar-refractivity contribution in [2.75, 3.05) is 5.32 Å². The predicted octanol–water partition coefficient (Wildman–Crippen LogP) is 3.28. The van der Waals surface area contributed by atoms with Gasteiger partial charge >= 0.3 is 0 Å². The molecule has 0 spiro atoms. The van der Waals surface area contributed by atoms with Gasteiger partial charge < -0.3 is 5.32 Å². The van der Waals surface area contributed by atoms with Gasteiger partial charge in [-0.2, -0.15) is 5.26 Å². The molecule has 0 saturated heterocycles. The highest BCUT2D eigenvalue weighted by Gasteiger charge is 2.08. The Morgan fingerprint density at radius 1 is 1.22 bits per heavy atom. The van der Waals surface area contributed by atoms with Crippen molar-refractivity contribution in [1.82, 2.24) is 4.98 Å². The van der Waals surface area contributed by atoms with Crippen LogP contribution in [0.15, 0.2) is 30.3 Å². The number of hydrogen-bond donors (Lipinski definition) is 1.